The molecule has 1 aromatic carbocycles. The highest BCUT2D eigenvalue weighted by Gasteiger charge is 2.20. The summed E-state index contributed by atoms with van der Waals surface area (Å²) in [5.74, 6) is 1.71. The average molecular weight is 322 g/mol. The third-order valence-electron chi connectivity index (χ3n) is 3.21. The van der Waals surface area contributed by atoms with Gasteiger partial charge in [0.05, 0.1) is 11.6 Å². The molecule has 0 atom stereocenters. The molecule has 4 nitrogen and oxygen atoms in total. The third-order valence-corrected chi connectivity index (χ3v) is 3.83. The summed E-state index contributed by atoms with van der Waals surface area (Å²) in [6, 6.07) is 6.65. The van der Waals surface area contributed by atoms with E-state index in [9.17, 15) is 0 Å². The number of nitrogens with one attached hydrogen (secondary N) is 2. The van der Waals surface area contributed by atoms with Crippen molar-refractivity contribution in [2.45, 2.75) is 25.4 Å². The van der Waals surface area contributed by atoms with Gasteiger partial charge in [0.15, 0.2) is 0 Å². The molecular formula is C14H16BrN3O. The van der Waals surface area contributed by atoms with Crippen molar-refractivity contribution >= 4 is 15.9 Å². The molecule has 0 spiro atoms. The van der Waals surface area contributed by atoms with Gasteiger partial charge in [0.1, 0.15) is 11.6 Å². The maximum absolute atomic E-state index is 5.23. The highest BCUT2D eigenvalue weighted by molar-refractivity contribution is 9.10. The molecule has 1 aromatic heterocycles. The molecule has 2 aromatic rings. The van der Waals surface area contributed by atoms with E-state index in [4.69, 9.17) is 4.74 Å². The first-order chi connectivity index (χ1) is 9.26. The standard InChI is InChI=1S/C14H16BrN3O/c1-19-13-5-2-9(6-12(13)15)14-17-8-11(18-14)7-16-10-3-4-10/h2,5-6,8,10,16H,3-4,7H2,1H3,(H,17,18). The zero-order valence-corrected chi connectivity index (χ0v) is 12.3. The molecule has 1 heterocycles. The average Bonchev–Trinajstić information content (AvgIpc) is 3.13. The maximum atomic E-state index is 5.23. The quantitative estimate of drug-likeness (QED) is 0.889. The van der Waals surface area contributed by atoms with Gasteiger partial charge < -0.3 is 15.0 Å². The highest BCUT2D eigenvalue weighted by atomic mass is 79.9. The molecule has 19 heavy (non-hydrogen) atoms. The molecule has 100 valence electrons. The van der Waals surface area contributed by atoms with E-state index in [1.807, 2.05) is 24.4 Å². The number of methoxy groups -OCH3 is 1. The predicted molar refractivity (Wildman–Crippen MR) is 78.1 cm³/mol. The minimum Gasteiger partial charge on any atom is -0.496 e. The van der Waals surface area contributed by atoms with E-state index in [1.54, 1.807) is 7.11 Å². The molecule has 0 radical (unpaired) electrons. The molecule has 0 saturated heterocycles. The van der Waals surface area contributed by atoms with Crippen LogP contribution in [-0.2, 0) is 6.54 Å². The van der Waals surface area contributed by atoms with E-state index in [2.05, 4.69) is 31.2 Å². The number of hydrogen-bond donors (Lipinski definition) is 2. The molecule has 1 saturated carbocycles. The van der Waals surface area contributed by atoms with Crippen LogP contribution in [-0.4, -0.2) is 23.1 Å². The van der Waals surface area contributed by atoms with Crippen LogP contribution < -0.4 is 10.1 Å². The van der Waals surface area contributed by atoms with Gasteiger partial charge in [0, 0.05) is 30.0 Å². The molecule has 0 aliphatic heterocycles. The lowest BCUT2D eigenvalue weighted by molar-refractivity contribution is 0.412. The van der Waals surface area contributed by atoms with Crippen molar-refractivity contribution < 1.29 is 4.74 Å². The summed E-state index contributed by atoms with van der Waals surface area (Å²) < 4.78 is 6.16. The number of ether oxygens (including phenoxy) is 1. The van der Waals surface area contributed by atoms with Crippen molar-refractivity contribution in [2.75, 3.05) is 7.11 Å². The van der Waals surface area contributed by atoms with Crippen LogP contribution in [0.25, 0.3) is 11.4 Å². The van der Waals surface area contributed by atoms with Gasteiger partial charge in [-0.05, 0) is 47.0 Å². The molecule has 3 rings (SSSR count). The number of hydrogen-bond acceptors (Lipinski definition) is 3. The number of imidazole rings is 1. The van der Waals surface area contributed by atoms with Gasteiger partial charge in [0.2, 0.25) is 0 Å². The van der Waals surface area contributed by atoms with Crippen molar-refractivity contribution in [3.8, 4) is 17.1 Å². The molecule has 1 aliphatic carbocycles. The lowest BCUT2D eigenvalue weighted by Crippen LogP contribution is -2.15. The molecule has 1 fully saturated rings. The Morgan fingerprint density at radius 2 is 2.32 bits per heavy atom. The van der Waals surface area contributed by atoms with E-state index in [0.717, 1.165) is 33.8 Å². The first-order valence-corrected chi connectivity index (χ1v) is 7.17. The van der Waals surface area contributed by atoms with Crippen LogP contribution in [0.5, 0.6) is 5.75 Å². The number of benzene rings is 1. The fourth-order valence-electron chi connectivity index (χ4n) is 1.95. The molecular weight excluding hydrogens is 306 g/mol. The van der Waals surface area contributed by atoms with Crippen molar-refractivity contribution in [3.05, 3.63) is 34.6 Å². The second kappa shape index (κ2) is 5.35. The van der Waals surface area contributed by atoms with Crippen LogP contribution >= 0.6 is 15.9 Å². The van der Waals surface area contributed by atoms with E-state index < -0.39 is 0 Å². The minimum atomic E-state index is 0.710. The van der Waals surface area contributed by atoms with Crippen LogP contribution in [0, 0.1) is 0 Å². The number of halogens is 1. The summed E-state index contributed by atoms with van der Waals surface area (Å²) in [7, 11) is 1.66. The smallest absolute Gasteiger partial charge is 0.137 e. The largest absolute Gasteiger partial charge is 0.496 e. The van der Waals surface area contributed by atoms with Gasteiger partial charge in [-0.15, -0.1) is 0 Å². The fourth-order valence-corrected chi connectivity index (χ4v) is 2.49. The van der Waals surface area contributed by atoms with E-state index in [0.29, 0.717) is 6.04 Å². The van der Waals surface area contributed by atoms with Crippen LogP contribution in [0.1, 0.15) is 18.5 Å². The Kier molecular flexibility index (Phi) is 3.57. The molecule has 2 N–H and O–H groups in total. The summed E-state index contributed by atoms with van der Waals surface area (Å²) in [6.45, 7) is 0.856. The lowest BCUT2D eigenvalue weighted by Gasteiger charge is -2.04. The summed E-state index contributed by atoms with van der Waals surface area (Å²) in [5, 5.41) is 3.47. The Bertz CT molecular complexity index is 578. The Labute approximate surface area is 120 Å². The summed E-state index contributed by atoms with van der Waals surface area (Å²) in [4.78, 5) is 7.77. The van der Waals surface area contributed by atoms with Crippen molar-refractivity contribution in [1.29, 1.82) is 0 Å². The van der Waals surface area contributed by atoms with Gasteiger partial charge in [-0.2, -0.15) is 0 Å². The van der Waals surface area contributed by atoms with Crippen LogP contribution in [0.2, 0.25) is 0 Å². The van der Waals surface area contributed by atoms with Crippen LogP contribution in [0.3, 0.4) is 0 Å². The SMILES string of the molecule is COc1ccc(-c2ncc(CNC3CC3)[nH]2)cc1Br. The zero-order valence-electron chi connectivity index (χ0n) is 10.7. The molecule has 0 unspecified atom stereocenters. The van der Waals surface area contributed by atoms with Crippen LogP contribution in [0.15, 0.2) is 28.9 Å². The second-order valence-corrected chi connectivity index (χ2v) is 5.62. The number of H-pyrrole nitrogens is 1. The number of nitrogens with zero attached hydrogens (tertiary/aromatic N) is 1. The predicted octanol–water partition coefficient (Wildman–Crippen LogP) is 3.10. The molecule has 5 heteroatoms. The molecule has 0 bridgehead atoms. The topological polar surface area (TPSA) is 49.9 Å². The Balaban J connectivity index is 1.75. The number of aromatic amines is 1. The highest BCUT2D eigenvalue weighted by Crippen LogP contribution is 2.29. The van der Waals surface area contributed by atoms with Gasteiger partial charge in [-0.3, -0.25) is 0 Å². The van der Waals surface area contributed by atoms with Gasteiger partial charge in [-0.1, -0.05) is 0 Å². The summed E-state index contributed by atoms with van der Waals surface area (Å²) in [6.07, 6.45) is 4.49. The van der Waals surface area contributed by atoms with Gasteiger partial charge in [-0.25, -0.2) is 4.98 Å². The fraction of sp³-hybridized carbons (Fsp3) is 0.357. The van der Waals surface area contributed by atoms with Crippen LogP contribution in [0.4, 0.5) is 0 Å². The number of aromatic nitrogens is 2. The van der Waals surface area contributed by atoms with Crippen molar-refractivity contribution in [3.63, 3.8) is 0 Å². The maximum Gasteiger partial charge on any atom is 0.137 e. The molecule has 1 aliphatic rings. The third kappa shape index (κ3) is 2.98. The Hall–Kier alpha value is -1.33. The second-order valence-electron chi connectivity index (χ2n) is 4.76. The summed E-state index contributed by atoms with van der Waals surface area (Å²) in [5.41, 5.74) is 2.17. The summed E-state index contributed by atoms with van der Waals surface area (Å²) >= 11 is 3.49. The van der Waals surface area contributed by atoms with E-state index >= 15 is 0 Å². The zero-order chi connectivity index (χ0) is 13.2. The van der Waals surface area contributed by atoms with Crippen molar-refractivity contribution in [2.24, 2.45) is 0 Å². The first-order valence-electron chi connectivity index (χ1n) is 6.37. The van der Waals surface area contributed by atoms with E-state index in [-0.39, 0.29) is 0 Å². The van der Waals surface area contributed by atoms with Crippen molar-refractivity contribution in [1.82, 2.24) is 15.3 Å². The Morgan fingerprint density at radius 1 is 1.47 bits per heavy atom. The lowest BCUT2D eigenvalue weighted by atomic mass is 10.2. The normalized spacial score (nSPS) is 14.6. The van der Waals surface area contributed by atoms with Gasteiger partial charge in [0.25, 0.3) is 0 Å². The number of rotatable bonds is 5. The Morgan fingerprint density at radius 3 is 3.00 bits per heavy atom. The first kappa shape index (κ1) is 12.7. The minimum absolute atomic E-state index is 0.710. The van der Waals surface area contributed by atoms with Gasteiger partial charge >= 0.3 is 0 Å². The molecule has 0 amide bonds. The monoisotopic (exact) mass is 321 g/mol. The van der Waals surface area contributed by atoms with E-state index in [1.165, 1.54) is 12.8 Å².